The molecule has 104 valence electrons. The van der Waals surface area contributed by atoms with E-state index in [-0.39, 0.29) is 0 Å². The van der Waals surface area contributed by atoms with Crippen LogP contribution in [-0.4, -0.2) is 24.2 Å². The van der Waals surface area contributed by atoms with Crippen molar-refractivity contribution in [2.45, 2.75) is 25.4 Å². The quantitative estimate of drug-likeness (QED) is 0.757. The second-order valence-electron chi connectivity index (χ2n) is 6.28. The lowest BCUT2D eigenvalue weighted by Crippen LogP contribution is -2.58. The van der Waals surface area contributed by atoms with E-state index in [1.165, 1.54) is 37.2 Å². The molecule has 2 heteroatoms. The van der Waals surface area contributed by atoms with Crippen LogP contribution in [0.5, 0.6) is 0 Å². The van der Waals surface area contributed by atoms with E-state index < -0.39 is 0 Å². The highest BCUT2D eigenvalue weighted by Crippen LogP contribution is 2.40. The Labute approximate surface area is 121 Å². The lowest BCUT2D eigenvalue weighted by atomic mass is 9.77. The maximum atomic E-state index is 4.02. The summed E-state index contributed by atoms with van der Waals surface area (Å²) < 4.78 is 0. The van der Waals surface area contributed by atoms with E-state index in [4.69, 9.17) is 0 Å². The van der Waals surface area contributed by atoms with Gasteiger partial charge in [0, 0.05) is 25.0 Å². The summed E-state index contributed by atoms with van der Waals surface area (Å²) in [6.07, 6.45) is 11.0. The van der Waals surface area contributed by atoms with Crippen LogP contribution in [0, 0.1) is 11.8 Å². The molecule has 3 saturated heterocycles. The summed E-state index contributed by atoms with van der Waals surface area (Å²) in [6, 6.07) is 8.84. The number of hydrogen-bond donors (Lipinski definition) is 0. The van der Waals surface area contributed by atoms with E-state index in [1.54, 1.807) is 0 Å². The van der Waals surface area contributed by atoms with Crippen molar-refractivity contribution >= 4 is 5.69 Å². The second kappa shape index (κ2) is 4.78. The minimum absolute atomic E-state index is 0.544. The maximum absolute atomic E-state index is 4.02. The van der Waals surface area contributed by atoms with E-state index in [2.05, 4.69) is 59.0 Å². The van der Waals surface area contributed by atoms with Crippen LogP contribution in [-0.2, 0) is 6.42 Å². The van der Waals surface area contributed by atoms with Gasteiger partial charge in [-0.2, -0.15) is 0 Å². The molecular weight excluding hydrogens is 244 g/mol. The van der Waals surface area contributed by atoms with Gasteiger partial charge >= 0.3 is 0 Å². The van der Waals surface area contributed by atoms with E-state index in [0.29, 0.717) is 12.1 Å². The van der Waals surface area contributed by atoms with Gasteiger partial charge in [-0.15, -0.1) is 6.58 Å². The number of piperidine rings is 3. The van der Waals surface area contributed by atoms with Crippen molar-refractivity contribution in [2.75, 3.05) is 18.0 Å². The molecule has 0 spiro atoms. The van der Waals surface area contributed by atoms with E-state index in [1.807, 2.05) is 0 Å². The maximum Gasteiger partial charge on any atom is 0.0867 e. The number of rotatable bonds is 2. The first-order valence-corrected chi connectivity index (χ1v) is 7.76. The van der Waals surface area contributed by atoms with Gasteiger partial charge in [-0.25, -0.2) is 0 Å². The topological polar surface area (TPSA) is 6.48 Å². The van der Waals surface area contributed by atoms with Gasteiger partial charge in [-0.1, -0.05) is 30.4 Å². The zero-order valence-corrected chi connectivity index (χ0v) is 11.9. The number of para-hydroxylation sites is 1. The van der Waals surface area contributed by atoms with Crippen LogP contribution in [0.3, 0.4) is 0 Å². The minimum Gasteiger partial charge on any atom is -0.332 e. The van der Waals surface area contributed by atoms with Crippen LogP contribution in [0.1, 0.15) is 18.4 Å². The number of benzene rings is 1. The summed E-state index contributed by atoms with van der Waals surface area (Å²) in [7, 11) is 0. The average molecular weight is 266 g/mol. The van der Waals surface area contributed by atoms with Gasteiger partial charge in [0.05, 0.1) is 6.17 Å². The van der Waals surface area contributed by atoms with Gasteiger partial charge in [0.15, 0.2) is 0 Å². The standard InChI is InChI=1S/C18H22N2/c1-2-14-13-19-11-9-16(14)12-18(19)20-10-5-7-15-6-3-4-8-17(15)20/h2-6,8,10,14,16,18H,1,7,9,11-13H2. The van der Waals surface area contributed by atoms with Gasteiger partial charge in [-0.05, 0) is 42.7 Å². The zero-order chi connectivity index (χ0) is 13.5. The minimum atomic E-state index is 0.544. The van der Waals surface area contributed by atoms with Crippen molar-refractivity contribution in [3.05, 3.63) is 54.8 Å². The lowest BCUT2D eigenvalue weighted by Gasteiger charge is -2.53. The van der Waals surface area contributed by atoms with Gasteiger partial charge in [0.2, 0.25) is 0 Å². The zero-order valence-electron chi connectivity index (χ0n) is 11.9. The van der Waals surface area contributed by atoms with Crippen molar-refractivity contribution < 1.29 is 0 Å². The largest absolute Gasteiger partial charge is 0.332 e. The van der Waals surface area contributed by atoms with Crippen LogP contribution in [0.25, 0.3) is 0 Å². The molecule has 1 aromatic carbocycles. The molecule has 0 aromatic heterocycles. The van der Waals surface area contributed by atoms with Crippen LogP contribution >= 0.6 is 0 Å². The monoisotopic (exact) mass is 266 g/mol. The highest BCUT2D eigenvalue weighted by Gasteiger charge is 2.41. The number of hydrogen-bond acceptors (Lipinski definition) is 2. The summed E-state index contributed by atoms with van der Waals surface area (Å²) in [5.41, 5.74) is 2.86. The summed E-state index contributed by atoms with van der Waals surface area (Å²) >= 11 is 0. The normalized spacial score (nSPS) is 34.9. The van der Waals surface area contributed by atoms with E-state index in [9.17, 15) is 0 Å². The number of allylic oxidation sites excluding steroid dienone is 1. The molecule has 4 heterocycles. The lowest BCUT2D eigenvalue weighted by molar-refractivity contribution is 0.0216. The Morgan fingerprint density at radius 2 is 2.15 bits per heavy atom. The molecule has 3 fully saturated rings. The molecule has 2 nitrogen and oxygen atoms in total. The Bertz CT molecular complexity index is 548. The molecule has 1 aromatic rings. The first-order valence-electron chi connectivity index (χ1n) is 7.76. The molecule has 0 aliphatic carbocycles. The molecule has 5 rings (SSSR count). The first kappa shape index (κ1) is 12.2. The molecule has 0 amide bonds. The summed E-state index contributed by atoms with van der Waals surface area (Å²) in [5, 5.41) is 0. The third-order valence-electron chi connectivity index (χ3n) is 5.27. The summed E-state index contributed by atoms with van der Waals surface area (Å²) in [5.74, 6) is 1.52. The Balaban J connectivity index is 1.64. The smallest absolute Gasteiger partial charge is 0.0867 e. The molecule has 2 bridgehead atoms. The van der Waals surface area contributed by atoms with Crippen LogP contribution < -0.4 is 4.90 Å². The van der Waals surface area contributed by atoms with Gasteiger partial charge in [0.1, 0.15) is 0 Å². The Morgan fingerprint density at radius 3 is 2.95 bits per heavy atom. The number of anilines is 1. The van der Waals surface area contributed by atoms with E-state index >= 15 is 0 Å². The van der Waals surface area contributed by atoms with Gasteiger partial charge in [-0.3, -0.25) is 4.90 Å². The molecule has 4 atom stereocenters. The highest BCUT2D eigenvalue weighted by atomic mass is 15.4. The molecule has 20 heavy (non-hydrogen) atoms. The fourth-order valence-electron chi connectivity index (χ4n) is 4.17. The predicted octanol–water partition coefficient (Wildman–Crippen LogP) is 3.42. The Morgan fingerprint density at radius 1 is 1.25 bits per heavy atom. The summed E-state index contributed by atoms with van der Waals surface area (Å²) in [6.45, 7) is 6.45. The van der Waals surface area contributed by atoms with Crippen molar-refractivity contribution in [1.82, 2.24) is 4.90 Å². The van der Waals surface area contributed by atoms with Gasteiger partial charge < -0.3 is 4.90 Å². The molecule has 4 aliphatic heterocycles. The van der Waals surface area contributed by atoms with E-state index in [0.717, 1.165) is 12.3 Å². The van der Waals surface area contributed by atoms with Crippen LogP contribution in [0.15, 0.2) is 49.2 Å². The molecule has 4 unspecified atom stereocenters. The molecular formula is C18H22N2. The van der Waals surface area contributed by atoms with Crippen molar-refractivity contribution in [3.8, 4) is 0 Å². The first-order chi connectivity index (χ1) is 9.86. The Hall–Kier alpha value is -1.54. The SMILES string of the molecule is C=CC1CN2CCC1CC2N1C=CCc2ccccc21. The molecule has 0 N–H and O–H groups in total. The second-order valence-corrected chi connectivity index (χ2v) is 6.28. The molecule has 4 aliphatic rings. The highest BCUT2D eigenvalue weighted by molar-refractivity contribution is 5.59. The van der Waals surface area contributed by atoms with Crippen LogP contribution in [0.4, 0.5) is 5.69 Å². The van der Waals surface area contributed by atoms with Crippen molar-refractivity contribution in [2.24, 2.45) is 11.8 Å². The third kappa shape index (κ3) is 1.82. The average Bonchev–Trinajstić information content (AvgIpc) is 2.54. The fraction of sp³-hybridized carbons (Fsp3) is 0.444. The fourth-order valence-corrected chi connectivity index (χ4v) is 4.17. The van der Waals surface area contributed by atoms with Crippen molar-refractivity contribution in [3.63, 3.8) is 0 Å². The number of nitrogens with zero attached hydrogens (tertiary/aromatic N) is 2. The third-order valence-corrected chi connectivity index (χ3v) is 5.27. The molecule has 0 radical (unpaired) electrons. The molecule has 0 saturated carbocycles. The van der Waals surface area contributed by atoms with Gasteiger partial charge in [0.25, 0.3) is 0 Å². The Kier molecular flexibility index (Phi) is 2.92. The number of fused-ring (bicyclic) bond motifs is 4. The summed E-state index contributed by atoms with van der Waals surface area (Å²) in [4.78, 5) is 5.16. The van der Waals surface area contributed by atoms with Crippen molar-refractivity contribution in [1.29, 1.82) is 0 Å². The van der Waals surface area contributed by atoms with Crippen LogP contribution in [0.2, 0.25) is 0 Å². The predicted molar refractivity (Wildman–Crippen MR) is 83.5 cm³/mol.